The minimum atomic E-state index is -4.78. The highest BCUT2D eigenvalue weighted by atomic mass is 35.5. The molecule has 54 heavy (non-hydrogen) atoms. The van der Waals surface area contributed by atoms with E-state index in [4.69, 9.17) is 16.3 Å². The molecule has 2 aromatic carbocycles. The maximum Gasteiger partial charge on any atom is 0.417 e. The number of nitrogens with one attached hydrogen (secondary N) is 4. The Hall–Kier alpha value is -5.31. The Kier molecular flexibility index (Phi) is 10.7. The van der Waals surface area contributed by atoms with E-state index in [-0.39, 0.29) is 68.9 Å². The van der Waals surface area contributed by atoms with Crippen molar-refractivity contribution in [1.82, 2.24) is 35.6 Å². The van der Waals surface area contributed by atoms with Crippen molar-refractivity contribution < 1.29 is 27.5 Å². The molecule has 0 unspecified atom stereocenters. The maximum absolute atomic E-state index is 15.1. The fraction of sp³-hybridized carbons (Fsp3) is 0.308. The summed E-state index contributed by atoms with van der Waals surface area (Å²) in [5.74, 6) is 0.371. The van der Waals surface area contributed by atoms with Gasteiger partial charge in [0, 0.05) is 85.8 Å². The summed E-state index contributed by atoms with van der Waals surface area (Å²) in [5, 5.41) is 12.3. The average molecular weight is 760 g/mol. The summed E-state index contributed by atoms with van der Waals surface area (Å²) in [4.78, 5) is 45.3. The minimum absolute atomic E-state index is 0.000793. The van der Waals surface area contributed by atoms with Crippen LogP contribution in [0.15, 0.2) is 77.9 Å². The van der Waals surface area contributed by atoms with Crippen molar-refractivity contribution in [2.75, 3.05) is 20.2 Å². The van der Waals surface area contributed by atoms with Gasteiger partial charge in [0.15, 0.2) is 0 Å². The van der Waals surface area contributed by atoms with Crippen molar-refractivity contribution in [2.45, 2.75) is 57.0 Å². The van der Waals surface area contributed by atoms with Gasteiger partial charge in [-0.25, -0.2) is 9.97 Å². The maximum atomic E-state index is 15.1. The van der Waals surface area contributed by atoms with Crippen LogP contribution in [0.2, 0.25) is 5.02 Å². The van der Waals surface area contributed by atoms with Crippen LogP contribution >= 0.6 is 11.6 Å². The Labute approximate surface area is 313 Å². The van der Waals surface area contributed by atoms with Crippen LogP contribution in [0.5, 0.6) is 5.88 Å². The molecule has 0 radical (unpaired) electrons. The molecule has 2 fully saturated rings. The van der Waals surface area contributed by atoms with Gasteiger partial charge in [-0.1, -0.05) is 54.1 Å². The number of pyridine rings is 2. The zero-order chi connectivity index (χ0) is 38.0. The summed E-state index contributed by atoms with van der Waals surface area (Å²) in [6.45, 7) is 1.73. The summed E-state index contributed by atoms with van der Waals surface area (Å²) in [6, 6.07) is 15.7. The van der Waals surface area contributed by atoms with E-state index in [9.17, 15) is 14.4 Å². The molecule has 2 saturated heterocycles. The van der Waals surface area contributed by atoms with Crippen LogP contribution in [0.3, 0.4) is 0 Å². The van der Waals surface area contributed by atoms with Gasteiger partial charge >= 0.3 is 6.18 Å². The third kappa shape index (κ3) is 7.81. The van der Waals surface area contributed by atoms with Crippen molar-refractivity contribution in [3.8, 4) is 39.4 Å². The molecular weight excluding hydrogens is 723 g/mol. The molecule has 15 heteroatoms. The number of ether oxygens (including phenoxy) is 1. The number of methoxy groups -OCH3 is 1. The Morgan fingerprint density at radius 2 is 1.48 bits per heavy atom. The van der Waals surface area contributed by atoms with Crippen LogP contribution in [-0.2, 0) is 28.9 Å². The first kappa shape index (κ1) is 37.0. The second-order valence-corrected chi connectivity index (χ2v) is 13.7. The average Bonchev–Trinajstić information content (AvgIpc) is 3.78. The van der Waals surface area contributed by atoms with Gasteiger partial charge in [0.1, 0.15) is 5.65 Å². The molecule has 280 valence electrons. The molecule has 2 amide bonds. The number of hydrogen-bond acceptors (Lipinski definition) is 8. The largest absolute Gasteiger partial charge is 0.481 e. The fourth-order valence-corrected chi connectivity index (χ4v) is 7.34. The predicted octanol–water partition coefficient (Wildman–Crippen LogP) is 5.51. The van der Waals surface area contributed by atoms with Gasteiger partial charge in [0.05, 0.1) is 23.4 Å². The molecule has 2 aliphatic heterocycles. The van der Waals surface area contributed by atoms with Crippen molar-refractivity contribution in [3.05, 3.63) is 105 Å². The van der Waals surface area contributed by atoms with Crippen molar-refractivity contribution in [2.24, 2.45) is 0 Å². The van der Waals surface area contributed by atoms with Gasteiger partial charge < -0.3 is 26.0 Å². The molecule has 0 aliphatic carbocycles. The van der Waals surface area contributed by atoms with E-state index in [2.05, 4.69) is 31.2 Å². The number of fused-ring (bicyclic) bond motifs is 1. The number of rotatable bonds is 12. The quantitative estimate of drug-likeness (QED) is 0.131. The standard InChI is InChI=1S/C39H37ClF3N7O4/c1-54-37-23(17-44-20-25-9-12-33(51)47-25)8-11-31(49-37)30-7-3-6-29(36(30)40)28-5-2-4-27(35(28)39(41,42)43)22-14-15-50-32(16-22)46-19-24(38(50)53)18-45-21-26-10-13-34(52)48-26/h2-8,11,14-16,19,25-26,44-45H,9-10,12-13,17-18,20-21H2,1H3,(H,47,51)(H,48,52)/t25-,26-/m1/s1. The van der Waals surface area contributed by atoms with E-state index in [0.717, 1.165) is 12.0 Å². The lowest BCUT2D eigenvalue weighted by molar-refractivity contribution is -0.136. The number of benzene rings is 2. The normalized spacial score (nSPS) is 17.2. The van der Waals surface area contributed by atoms with Crippen molar-refractivity contribution in [1.29, 1.82) is 0 Å². The smallest absolute Gasteiger partial charge is 0.417 e. The second-order valence-electron chi connectivity index (χ2n) is 13.4. The van der Waals surface area contributed by atoms with Crippen LogP contribution in [0, 0.1) is 0 Å². The van der Waals surface area contributed by atoms with Gasteiger partial charge in [-0.15, -0.1) is 0 Å². The zero-order valence-corrected chi connectivity index (χ0v) is 30.0. The monoisotopic (exact) mass is 759 g/mol. The molecule has 2 atom stereocenters. The molecule has 3 aromatic heterocycles. The number of nitrogens with zero attached hydrogens (tertiary/aromatic N) is 3. The molecule has 0 saturated carbocycles. The molecule has 4 N–H and O–H groups in total. The Bertz CT molecular complexity index is 2300. The van der Waals surface area contributed by atoms with Gasteiger partial charge in [-0.2, -0.15) is 13.2 Å². The van der Waals surface area contributed by atoms with E-state index in [1.54, 1.807) is 18.2 Å². The molecule has 7 rings (SSSR count). The lowest BCUT2D eigenvalue weighted by Crippen LogP contribution is -2.36. The van der Waals surface area contributed by atoms with Crippen LogP contribution in [-0.4, -0.2) is 58.5 Å². The third-order valence-corrected chi connectivity index (χ3v) is 10.1. The highest BCUT2D eigenvalue weighted by molar-refractivity contribution is 6.36. The van der Waals surface area contributed by atoms with Crippen LogP contribution in [0.1, 0.15) is 42.4 Å². The van der Waals surface area contributed by atoms with Gasteiger partial charge in [-0.3, -0.25) is 18.8 Å². The first-order valence-electron chi connectivity index (χ1n) is 17.5. The summed E-state index contributed by atoms with van der Waals surface area (Å²) in [6.07, 6.45) is 0.512. The van der Waals surface area contributed by atoms with Crippen LogP contribution in [0.4, 0.5) is 13.2 Å². The molecular formula is C39H37ClF3N7O4. The third-order valence-electron chi connectivity index (χ3n) is 9.72. The number of aromatic nitrogens is 3. The van der Waals surface area contributed by atoms with Gasteiger partial charge in [0.25, 0.3) is 5.56 Å². The summed E-state index contributed by atoms with van der Waals surface area (Å²) >= 11 is 6.92. The summed E-state index contributed by atoms with van der Waals surface area (Å²) in [5.41, 5.74) is 1.10. The number of amides is 2. The molecule has 0 bridgehead atoms. The number of carbonyl (C=O) groups excluding carboxylic acids is 2. The number of halogens is 4. The molecule has 2 aliphatic rings. The van der Waals surface area contributed by atoms with E-state index in [1.165, 1.54) is 60.3 Å². The lowest BCUT2D eigenvalue weighted by atomic mass is 9.90. The lowest BCUT2D eigenvalue weighted by Gasteiger charge is -2.20. The van der Waals surface area contributed by atoms with E-state index in [1.807, 2.05) is 6.07 Å². The molecule has 0 spiro atoms. The van der Waals surface area contributed by atoms with Crippen LogP contribution < -0.4 is 31.6 Å². The van der Waals surface area contributed by atoms with Crippen LogP contribution in [0.25, 0.3) is 39.2 Å². The van der Waals surface area contributed by atoms with Crippen molar-refractivity contribution in [3.63, 3.8) is 0 Å². The highest BCUT2D eigenvalue weighted by Crippen LogP contribution is 2.46. The molecule has 5 heterocycles. The fourth-order valence-electron chi connectivity index (χ4n) is 7.02. The summed E-state index contributed by atoms with van der Waals surface area (Å²) in [7, 11) is 1.49. The highest BCUT2D eigenvalue weighted by Gasteiger charge is 2.37. The number of carbonyl (C=O) groups is 2. The van der Waals surface area contributed by atoms with Gasteiger partial charge in [-0.05, 0) is 47.7 Å². The summed E-state index contributed by atoms with van der Waals surface area (Å²) < 4.78 is 52.1. The Morgan fingerprint density at radius 1 is 0.852 bits per heavy atom. The van der Waals surface area contributed by atoms with E-state index >= 15 is 13.2 Å². The second kappa shape index (κ2) is 15.6. The van der Waals surface area contributed by atoms with E-state index < -0.39 is 11.7 Å². The molecule has 11 nitrogen and oxygen atoms in total. The minimum Gasteiger partial charge on any atom is -0.481 e. The Balaban J connectivity index is 1.17. The van der Waals surface area contributed by atoms with E-state index in [0.29, 0.717) is 61.6 Å². The Morgan fingerprint density at radius 3 is 2.11 bits per heavy atom. The van der Waals surface area contributed by atoms with Crippen molar-refractivity contribution >= 4 is 29.1 Å². The van der Waals surface area contributed by atoms with Gasteiger partial charge in [0.2, 0.25) is 17.7 Å². The first-order chi connectivity index (χ1) is 26.0. The zero-order valence-electron chi connectivity index (χ0n) is 29.2. The topological polar surface area (TPSA) is 139 Å². The number of hydrogen-bond donors (Lipinski definition) is 4. The molecule has 5 aromatic rings. The number of alkyl halides is 3. The SMILES string of the molecule is COc1nc(-c2cccc(-c3cccc(-c4ccn5c(=O)c(CNC[C@H]6CCC(=O)N6)cnc5c4)c3C(F)(F)F)c2Cl)ccc1CNC[C@H]1CCC(=O)N1. The first-order valence-corrected chi connectivity index (χ1v) is 17.9. The predicted molar refractivity (Wildman–Crippen MR) is 198 cm³/mol.